The van der Waals surface area contributed by atoms with Crippen LogP contribution in [0.1, 0.15) is 59.2 Å². The Bertz CT molecular complexity index is 2270. The second kappa shape index (κ2) is 13.1. The van der Waals surface area contributed by atoms with E-state index < -0.39 is 0 Å². The van der Waals surface area contributed by atoms with Crippen LogP contribution in [0.2, 0.25) is 0 Å². The number of hydrogen-bond donors (Lipinski definition) is 0. The van der Waals surface area contributed by atoms with Crippen molar-refractivity contribution in [3.8, 4) is 34.2 Å². The number of rotatable bonds is 7. The predicted molar refractivity (Wildman–Crippen MR) is 205 cm³/mol. The third kappa shape index (κ3) is 5.61. The van der Waals surface area contributed by atoms with Gasteiger partial charge in [0.1, 0.15) is 11.9 Å². The van der Waals surface area contributed by atoms with Crippen molar-refractivity contribution in [2.24, 2.45) is 0 Å². The van der Waals surface area contributed by atoms with Gasteiger partial charge in [0.05, 0.1) is 5.69 Å². The van der Waals surface area contributed by atoms with Crippen molar-refractivity contribution in [1.29, 1.82) is 0 Å². The molecule has 6 aromatic rings. The molecule has 0 spiro atoms. The Balaban J connectivity index is 1.21. The average Bonchev–Trinajstić information content (AvgIpc) is 3.66. The molecular formula is C45H38N4O. The number of ether oxygens (including phenoxy) is 1. The lowest BCUT2D eigenvalue weighted by atomic mass is 9.89. The first-order valence-corrected chi connectivity index (χ1v) is 17.2. The van der Waals surface area contributed by atoms with Crippen molar-refractivity contribution in [3.05, 3.63) is 173 Å². The SMILES string of the molecule is C/C=C\c1c(C)c(C)c(/C=C(\C)c2ccccc2)n1-c1cccc2c1OC1C=C(c3nc(-c4ccccc4)nc(-c4ccccc4)n3)C=CC21. The van der Waals surface area contributed by atoms with Crippen molar-refractivity contribution >= 4 is 23.3 Å². The Morgan fingerprint density at radius 2 is 1.30 bits per heavy atom. The minimum Gasteiger partial charge on any atom is -0.483 e. The van der Waals surface area contributed by atoms with Gasteiger partial charge in [-0.3, -0.25) is 0 Å². The summed E-state index contributed by atoms with van der Waals surface area (Å²) in [6, 6.07) is 37.2. The van der Waals surface area contributed by atoms with E-state index in [9.17, 15) is 0 Å². The van der Waals surface area contributed by atoms with Gasteiger partial charge in [0.2, 0.25) is 0 Å². The predicted octanol–water partition coefficient (Wildman–Crippen LogP) is 10.7. The normalized spacial score (nSPS) is 16.6. The minimum absolute atomic E-state index is 0.0747. The van der Waals surface area contributed by atoms with Crippen LogP contribution in [0.15, 0.2) is 133 Å². The van der Waals surface area contributed by atoms with E-state index in [1.807, 2.05) is 60.7 Å². The van der Waals surface area contributed by atoms with Crippen LogP contribution in [-0.2, 0) is 0 Å². The van der Waals surface area contributed by atoms with E-state index in [4.69, 9.17) is 19.7 Å². The molecule has 0 amide bonds. The van der Waals surface area contributed by atoms with Crippen LogP contribution in [0.5, 0.6) is 5.75 Å². The molecule has 0 radical (unpaired) electrons. The minimum atomic E-state index is -0.198. The van der Waals surface area contributed by atoms with Gasteiger partial charge < -0.3 is 9.30 Å². The molecule has 0 bridgehead atoms. The van der Waals surface area contributed by atoms with Gasteiger partial charge >= 0.3 is 0 Å². The first-order chi connectivity index (χ1) is 24.5. The number of nitrogens with zero attached hydrogens (tertiary/aromatic N) is 4. The van der Waals surface area contributed by atoms with Gasteiger partial charge in [-0.25, -0.2) is 15.0 Å². The maximum atomic E-state index is 6.94. The number of hydrogen-bond acceptors (Lipinski definition) is 4. The van der Waals surface area contributed by atoms with Gasteiger partial charge in [0.25, 0.3) is 0 Å². The maximum Gasteiger partial charge on any atom is 0.164 e. The molecule has 0 fully saturated rings. The number of aromatic nitrogens is 4. The molecule has 0 saturated carbocycles. The summed E-state index contributed by atoms with van der Waals surface area (Å²) in [5, 5.41) is 0. The van der Waals surface area contributed by atoms with E-state index >= 15 is 0 Å². The highest BCUT2D eigenvalue weighted by Gasteiger charge is 2.36. The van der Waals surface area contributed by atoms with Crippen LogP contribution in [0, 0.1) is 13.8 Å². The van der Waals surface area contributed by atoms with E-state index in [-0.39, 0.29) is 12.0 Å². The first-order valence-electron chi connectivity index (χ1n) is 17.2. The van der Waals surface area contributed by atoms with Crippen LogP contribution in [0.25, 0.3) is 51.8 Å². The molecule has 50 heavy (non-hydrogen) atoms. The topological polar surface area (TPSA) is 52.8 Å². The number of para-hydroxylation sites is 1. The summed E-state index contributed by atoms with van der Waals surface area (Å²) in [6.07, 6.45) is 13.0. The molecule has 2 atom stereocenters. The van der Waals surface area contributed by atoms with E-state index in [1.54, 1.807) is 0 Å². The monoisotopic (exact) mass is 650 g/mol. The summed E-state index contributed by atoms with van der Waals surface area (Å²) in [4.78, 5) is 14.8. The number of fused-ring (bicyclic) bond motifs is 3. The fraction of sp³-hybridized carbons (Fsp3) is 0.133. The summed E-state index contributed by atoms with van der Waals surface area (Å²) < 4.78 is 9.31. The molecule has 0 saturated heterocycles. The van der Waals surface area contributed by atoms with Gasteiger partial charge in [-0.05, 0) is 74.3 Å². The molecule has 5 nitrogen and oxygen atoms in total. The highest BCUT2D eigenvalue weighted by molar-refractivity contribution is 5.83. The zero-order chi connectivity index (χ0) is 34.2. The second-order valence-corrected chi connectivity index (χ2v) is 12.9. The molecular weight excluding hydrogens is 613 g/mol. The van der Waals surface area contributed by atoms with Crippen molar-refractivity contribution < 1.29 is 4.74 Å². The average molecular weight is 651 g/mol. The third-order valence-electron chi connectivity index (χ3n) is 9.74. The molecule has 4 aromatic carbocycles. The lowest BCUT2D eigenvalue weighted by Gasteiger charge is -2.19. The third-order valence-corrected chi connectivity index (χ3v) is 9.74. The van der Waals surface area contributed by atoms with E-state index in [0.29, 0.717) is 17.5 Å². The summed E-state index contributed by atoms with van der Waals surface area (Å²) >= 11 is 0. The van der Waals surface area contributed by atoms with Gasteiger partial charge in [0.15, 0.2) is 17.5 Å². The van der Waals surface area contributed by atoms with Crippen molar-refractivity contribution in [3.63, 3.8) is 0 Å². The Morgan fingerprint density at radius 1 is 0.700 bits per heavy atom. The summed E-state index contributed by atoms with van der Waals surface area (Å²) in [6.45, 7) is 8.68. The lowest BCUT2D eigenvalue weighted by Crippen LogP contribution is -2.18. The van der Waals surface area contributed by atoms with Crippen molar-refractivity contribution in [1.82, 2.24) is 19.5 Å². The van der Waals surface area contributed by atoms with Gasteiger partial charge in [-0.2, -0.15) is 0 Å². The standard InChI is InChI=1S/C45H38N4O/c1-5-16-38-30(3)31(4)40(27-29(2)32-17-9-6-10-18-32)49(38)39-24-15-23-37-36-26-25-35(28-41(36)50-42(37)39)45-47-43(33-19-11-7-12-20-33)46-44(48-45)34-21-13-8-14-22-34/h5-28,36,41H,1-4H3/b16-5-,29-27+. The summed E-state index contributed by atoms with van der Waals surface area (Å²) in [5.41, 5.74) is 12.3. The molecule has 2 aromatic heterocycles. The first kappa shape index (κ1) is 31.2. The summed E-state index contributed by atoms with van der Waals surface area (Å²) in [7, 11) is 0. The zero-order valence-electron chi connectivity index (χ0n) is 28.7. The second-order valence-electron chi connectivity index (χ2n) is 12.9. The highest BCUT2D eigenvalue weighted by Crippen LogP contribution is 2.47. The van der Waals surface area contributed by atoms with E-state index in [2.05, 4.69) is 117 Å². The summed E-state index contributed by atoms with van der Waals surface area (Å²) in [5.74, 6) is 2.90. The fourth-order valence-corrected chi connectivity index (χ4v) is 7.00. The number of benzene rings is 4. The molecule has 2 aliphatic rings. The zero-order valence-corrected chi connectivity index (χ0v) is 28.7. The molecule has 0 N–H and O–H groups in total. The Hall–Kier alpha value is -6.07. The highest BCUT2D eigenvalue weighted by atomic mass is 16.5. The van der Waals surface area contributed by atoms with Crippen LogP contribution >= 0.6 is 0 Å². The Morgan fingerprint density at radius 3 is 1.94 bits per heavy atom. The van der Waals surface area contributed by atoms with Crippen LogP contribution < -0.4 is 4.74 Å². The van der Waals surface area contributed by atoms with Gasteiger partial charge in [-0.15, -0.1) is 0 Å². The largest absolute Gasteiger partial charge is 0.483 e. The van der Waals surface area contributed by atoms with E-state index in [1.165, 1.54) is 27.8 Å². The van der Waals surface area contributed by atoms with Gasteiger partial charge in [-0.1, -0.05) is 121 Å². The molecule has 3 heterocycles. The maximum absolute atomic E-state index is 6.94. The van der Waals surface area contributed by atoms with Crippen LogP contribution in [0.3, 0.4) is 0 Å². The molecule has 1 aliphatic carbocycles. The molecule has 244 valence electrons. The smallest absolute Gasteiger partial charge is 0.164 e. The molecule has 8 rings (SSSR count). The van der Waals surface area contributed by atoms with Crippen LogP contribution in [0.4, 0.5) is 0 Å². The molecule has 5 heteroatoms. The number of allylic oxidation sites excluding steroid dienone is 4. The Kier molecular flexibility index (Phi) is 8.17. The molecule has 1 aliphatic heterocycles. The molecule has 2 unspecified atom stereocenters. The van der Waals surface area contributed by atoms with E-state index in [0.717, 1.165) is 39.5 Å². The lowest BCUT2D eigenvalue weighted by molar-refractivity contribution is 0.269. The van der Waals surface area contributed by atoms with Gasteiger partial charge in [0, 0.05) is 39.6 Å². The van der Waals surface area contributed by atoms with Crippen molar-refractivity contribution in [2.75, 3.05) is 0 Å². The fourth-order valence-electron chi connectivity index (χ4n) is 7.00. The van der Waals surface area contributed by atoms with Crippen LogP contribution in [-0.4, -0.2) is 25.6 Å². The Labute approximate surface area is 293 Å². The van der Waals surface area contributed by atoms with Crippen molar-refractivity contribution in [2.45, 2.75) is 39.7 Å². The quantitative estimate of drug-likeness (QED) is 0.173.